The van der Waals surface area contributed by atoms with Gasteiger partial charge in [0.2, 0.25) is 5.78 Å². The first kappa shape index (κ1) is 33.7. The Bertz CT molecular complexity index is 1440. The minimum absolute atomic E-state index is 0.0238. The number of aryl methyl sites for hydroxylation is 1. The van der Waals surface area contributed by atoms with Gasteiger partial charge in [0.1, 0.15) is 22.8 Å². The molecule has 0 aliphatic heterocycles. The fourth-order valence-corrected chi connectivity index (χ4v) is 7.18. The van der Waals surface area contributed by atoms with Gasteiger partial charge in [-0.05, 0) is 79.6 Å². The number of phenols is 1. The summed E-state index contributed by atoms with van der Waals surface area (Å²) in [6.45, 7) is 14.0. The highest BCUT2D eigenvalue weighted by atomic mass is 16.3. The van der Waals surface area contributed by atoms with Crippen LogP contribution in [0.25, 0.3) is 5.76 Å². The number of nitrogens with one attached hydrogen (secondary N) is 1. The predicted molar refractivity (Wildman–Crippen MR) is 168 cm³/mol. The number of likely N-dealkylation sites (N-methyl/N-ethyl adjacent to an activating group) is 1. The number of carbonyl (C=O) groups excluding carboxylic acids is 3. The van der Waals surface area contributed by atoms with Crippen molar-refractivity contribution in [3.05, 3.63) is 45.2 Å². The average Bonchev–Trinajstić information content (AvgIpc) is 2.86. The zero-order chi connectivity index (χ0) is 33.1. The van der Waals surface area contributed by atoms with Crippen LogP contribution < -0.4 is 11.1 Å². The molecule has 0 saturated heterocycles. The van der Waals surface area contributed by atoms with Crippen molar-refractivity contribution in [3.8, 4) is 5.75 Å². The summed E-state index contributed by atoms with van der Waals surface area (Å²) >= 11 is 0. The molecular weight excluding hydrogens is 562 g/mol. The topological polar surface area (TPSA) is 173 Å². The molecule has 1 saturated carbocycles. The summed E-state index contributed by atoms with van der Waals surface area (Å²) in [5, 5.41) is 49.8. The van der Waals surface area contributed by atoms with Crippen molar-refractivity contribution in [1.29, 1.82) is 0 Å². The molecule has 10 nitrogen and oxygen atoms in total. The number of fused-ring (bicyclic) bond motifs is 3. The van der Waals surface area contributed by atoms with Gasteiger partial charge in [-0.1, -0.05) is 47.6 Å². The number of rotatable bonds is 8. The van der Waals surface area contributed by atoms with Crippen LogP contribution in [0.4, 0.5) is 0 Å². The minimum atomic E-state index is -2.65. The summed E-state index contributed by atoms with van der Waals surface area (Å²) in [5.74, 6) is -6.36. The van der Waals surface area contributed by atoms with Crippen LogP contribution in [0.2, 0.25) is 0 Å². The maximum Gasteiger partial charge on any atom is 0.255 e. The normalized spacial score (nSPS) is 25.7. The second-order valence-electron chi connectivity index (χ2n) is 15.4. The lowest BCUT2D eigenvalue weighted by Crippen LogP contribution is -2.65. The second-order valence-corrected chi connectivity index (χ2v) is 15.4. The Hall–Kier alpha value is -3.21. The number of Topliss-reactive ketones (excluding diaryl/α,β-unsaturated/α-hetero) is 2. The summed E-state index contributed by atoms with van der Waals surface area (Å²) in [5.41, 5.74) is 4.36. The molecule has 4 atom stereocenters. The van der Waals surface area contributed by atoms with E-state index < -0.39 is 58.0 Å². The Morgan fingerprint density at radius 1 is 1.07 bits per heavy atom. The smallest absolute Gasteiger partial charge is 0.255 e. The molecule has 0 heterocycles. The van der Waals surface area contributed by atoms with Gasteiger partial charge in [0.15, 0.2) is 11.4 Å². The molecular formula is C34H49N3O7. The largest absolute Gasteiger partial charge is 0.508 e. The standard InChI is InChI=1S/C34H49N3O7/c1-32(2,3)11-9-10-17-12-19(15-36-16-33(4,5)6)20-13-18-14-21-25(37(7)8)28(40)24(31(35)43)30(42)34(21,44)29(41)22(18)27(39)23(20)26(17)38/h12,18,21,25,36,38-39,42,44H,9-11,13-16H2,1-8H3,(H2,35,43). The molecule has 10 heteroatoms. The van der Waals surface area contributed by atoms with Gasteiger partial charge in [-0.25, -0.2) is 0 Å². The Morgan fingerprint density at radius 2 is 1.70 bits per heavy atom. The predicted octanol–water partition coefficient (Wildman–Crippen LogP) is 3.47. The fraction of sp³-hybridized carbons (Fsp3) is 0.618. The molecule has 0 aromatic heterocycles. The lowest BCUT2D eigenvalue weighted by Gasteiger charge is -2.50. The summed E-state index contributed by atoms with van der Waals surface area (Å²) < 4.78 is 0. The van der Waals surface area contributed by atoms with E-state index in [-0.39, 0.29) is 40.6 Å². The lowest BCUT2D eigenvalue weighted by atomic mass is 9.57. The van der Waals surface area contributed by atoms with Crippen LogP contribution in [0.5, 0.6) is 5.75 Å². The van der Waals surface area contributed by atoms with Gasteiger partial charge >= 0.3 is 0 Å². The summed E-state index contributed by atoms with van der Waals surface area (Å²) in [7, 11) is 3.18. The minimum Gasteiger partial charge on any atom is -0.508 e. The van der Waals surface area contributed by atoms with Crippen LogP contribution in [0, 0.1) is 22.7 Å². The third kappa shape index (κ3) is 5.91. The number of amides is 1. The number of hydrogen-bond donors (Lipinski definition) is 6. The molecule has 1 aromatic rings. The monoisotopic (exact) mass is 611 g/mol. The summed E-state index contributed by atoms with van der Waals surface area (Å²) in [6.07, 6.45) is 2.63. The van der Waals surface area contributed by atoms with Gasteiger partial charge in [-0.3, -0.25) is 19.3 Å². The Kier molecular flexibility index (Phi) is 8.89. The Balaban J connectivity index is 1.88. The van der Waals surface area contributed by atoms with E-state index in [9.17, 15) is 34.8 Å². The van der Waals surface area contributed by atoms with Crippen LogP contribution in [0.15, 0.2) is 23.0 Å². The van der Waals surface area contributed by atoms with E-state index in [1.54, 1.807) is 14.1 Å². The van der Waals surface area contributed by atoms with Crippen LogP contribution >= 0.6 is 0 Å². The maximum absolute atomic E-state index is 14.2. The third-order valence-corrected chi connectivity index (χ3v) is 9.24. The molecule has 1 fully saturated rings. The number of aromatic hydroxyl groups is 1. The average molecular weight is 612 g/mol. The number of carbonyl (C=O) groups is 3. The van der Waals surface area contributed by atoms with Crippen molar-refractivity contribution >= 4 is 23.2 Å². The van der Waals surface area contributed by atoms with Gasteiger partial charge in [0.25, 0.3) is 5.91 Å². The van der Waals surface area contributed by atoms with Gasteiger partial charge in [-0.15, -0.1) is 0 Å². The molecule has 242 valence electrons. The number of phenolic OH excluding ortho intramolecular Hbond substituents is 1. The SMILES string of the molecule is CN(C)C1C(=O)C(C(N)=O)=C(O)C2(O)C(=O)C3=C(O)c4c(O)c(CCCC(C)(C)C)cc(CNCC(C)(C)C)c4CC3CC12. The van der Waals surface area contributed by atoms with E-state index in [0.717, 1.165) is 24.9 Å². The molecule has 4 unspecified atom stereocenters. The van der Waals surface area contributed by atoms with E-state index in [4.69, 9.17) is 5.73 Å². The molecule has 1 amide bonds. The fourth-order valence-electron chi connectivity index (χ4n) is 7.18. The van der Waals surface area contributed by atoms with Crippen LogP contribution in [0.1, 0.15) is 83.1 Å². The first-order valence-electron chi connectivity index (χ1n) is 15.4. The molecule has 44 heavy (non-hydrogen) atoms. The second kappa shape index (κ2) is 11.6. The molecule has 3 aliphatic carbocycles. The number of hydrogen-bond acceptors (Lipinski definition) is 9. The highest BCUT2D eigenvalue weighted by Gasteiger charge is 2.64. The zero-order valence-electron chi connectivity index (χ0n) is 27.3. The maximum atomic E-state index is 14.2. The quantitative estimate of drug-likeness (QED) is 0.241. The van der Waals surface area contributed by atoms with Crippen molar-refractivity contribution in [3.63, 3.8) is 0 Å². The molecule has 3 aliphatic rings. The number of aliphatic hydroxyl groups excluding tert-OH is 2. The van der Waals surface area contributed by atoms with E-state index in [1.807, 2.05) is 6.07 Å². The van der Waals surface area contributed by atoms with E-state index in [0.29, 0.717) is 24.1 Å². The van der Waals surface area contributed by atoms with Gasteiger partial charge in [0.05, 0.1) is 11.6 Å². The highest BCUT2D eigenvalue weighted by molar-refractivity contribution is 6.24. The van der Waals surface area contributed by atoms with Crippen LogP contribution in [-0.4, -0.2) is 75.1 Å². The first-order valence-corrected chi connectivity index (χ1v) is 15.4. The van der Waals surface area contributed by atoms with E-state index >= 15 is 0 Å². The van der Waals surface area contributed by atoms with Crippen LogP contribution in [0.3, 0.4) is 0 Å². The van der Waals surface area contributed by atoms with Gasteiger partial charge in [0, 0.05) is 24.6 Å². The number of nitrogens with two attached hydrogens (primary N) is 1. The zero-order valence-corrected chi connectivity index (χ0v) is 27.3. The van der Waals surface area contributed by atoms with E-state index in [1.165, 1.54) is 4.90 Å². The van der Waals surface area contributed by atoms with Crippen molar-refractivity contribution in [2.24, 2.45) is 28.4 Å². The van der Waals surface area contributed by atoms with Crippen molar-refractivity contribution in [1.82, 2.24) is 10.2 Å². The summed E-state index contributed by atoms with van der Waals surface area (Å²) in [6, 6.07) is 0.866. The highest BCUT2D eigenvalue weighted by Crippen LogP contribution is 2.53. The molecule has 0 bridgehead atoms. The van der Waals surface area contributed by atoms with E-state index in [2.05, 4.69) is 46.9 Å². The van der Waals surface area contributed by atoms with Crippen molar-refractivity contribution in [2.45, 2.75) is 91.8 Å². The van der Waals surface area contributed by atoms with Gasteiger partial charge in [-0.2, -0.15) is 0 Å². The third-order valence-electron chi connectivity index (χ3n) is 9.24. The molecule has 4 rings (SSSR count). The van der Waals surface area contributed by atoms with Gasteiger partial charge < -0.3 is 31.5 Å². The number of nitrogens with zero attached hydrogens (tertiary/aromatic N) is 1. The Labute approximate surface area is 260 Å². The Morgan fingerprint density at radius 3 is 2.25 bits per heavy atom. The molecule has 0 radical (unpaired) electrons. The molecule has 1 aromatic carbocycles. The number of benzene rings is 1. The van der Waals surface area contributed by atoms with Crippen molar-refractivity contribution in [2.75, 3.05) is 20.6 Å². The number of aliphatic hydroxyl groups is 3. The van der Waals surface area contributed by atoms with Crippen LogP contribution in [-0.2, 0) is 33.8 Å². The van der Waals surface area contributed by atoms with Crippen molar-refractivity contribution < 1.29 is 34.8 Å². The lowest BCUT2D eigenvalue weighted by molar-refractivity contribution is -0.153. The summed E-state index contributed by atoms with van der Waals surface area (Å²) in [4.78, 5) is 41.3. The molecule has 0 spiro atoms. The number of primary amides is 1. The number of ketones is 2. The first-order chi connectivity index (χ1) is 20.2. The molecule has 7 N–H and O–H groups in total.